The molecule has 0 bridgehead atoms. The summed E-state index contributed by atoms with van der Waals surface area (Å²) < 4.78 is 27.0. The van der Waals surface area contributed by atoms with E-state index in [1.807, 2.05) is 0 Å². The smallest absolute Gasteiger partial charge is 0.278 e. The minimum Gasteiger partial charge on any atom is -0.350 e. The molecule has 0 saturated carbocycles. The second kappa shape index (κ2) is 8.45. The number of pyridine rings is 1. The van der Waals surface area contributed by atoms with Gasteiger partial charge in [-0.25, -0.2) is 8.78 Å². The quantitative estimate of drug-likeness (QED) is 0.541. The Labute approximate surface area is 185 Å². The number of imide groups is 1. The van der Waals surface area contributed by atoms with Gasteiger partial charge in [-0.2, -0.15) is 0 Å². The van der Waals surface area contributed by atoms with E-state index in [1.54, 1.807) is 24.4 Å². The Hall–Kier alpha value is -3.29. The number of nitrogens with zero attached hydrogens (tertiary/aromatic N) is 2. The van der Waals surface area contributed by atoms with Crippen LogP contribution in [0.15, 0.2) is 66.5 Å². The molecule has 2 heterocycles. The van der Waals surface area contributed by atoms with Crippen LogP contribution in [0.5, 0.6) is 0 Å². The fraction of sp³-hybridized carbons (Fsp3) is 0.0455. The molecule has 0 saturated heterocycles. The van der Waals surface area contributed by atoms with E-state index < -0.39 is 23.4 Å². The van der Waals surface area contributed by atoms with Gasteiger partial charge >= 0.3 is 0 Å². The van der Waals surface area contributed by atoms with Crippen molar-refractivity contribution in [2.75, 3.05) is 5.32 Å². The molecule has 0 unspecified atom stereocenters. The van der Waals surface area contributed by atoms with E-state index in [9.17, 15) is 18.4 Å². The van der Waals surface area contributed by atoms with Gasteiger partial charge in [-0.1, -0.05) is 35.3 Å². The lowest BCUT2D eigenvalue weighted by molar-refractivity contribution is -0.137. The van der Waals surface area contributed by atoms with E-state index in [0.717, 1.165) is 17.0 Å². The minimum absolute atomic E-state index is 0.00710. The number of amides is 2. The van der Waals surface area contributed by atoms with Crippen LogP contribution in [0.2, 0.25) is 10.0 Å². The lowest BCUT2D eigenvalue weighted by atomic mass is 10.0. The van der Waals surface area contributed by atoms with Crippen LogP contribution >= 0.6 is 23.2 Å². The molecule has 31 heavy (non-hydrogen) atoms. The second-order valence-corrected chi connectivity index (χ2v) is 7.49. The van der Waals surface area contributed by atoms with Crippen molar-refractivity contribution in [3.8, 4) is 0 Å². The molecule has 0 spiro atoms. The average Bonchev–Trinajstić information content (AvgIpc) is 2.96. The lowest BCUT2D eigenvalue weighted by Crippen LogP contribution is -2.32. The van der Waals surface area contributed by atoms with Crippen molar-refractivity contribution in [2.45, 2.75) is 6.54 Å². The summed E-state index contributed by atoms with van der Waals surface area (Å²) >= 11 is 12.3. The summed E-state index contributed by atoms with van der Waals surface area (Å²) in [4.78, 5) is 31.5. The summed E-state index contributed by atoms with van der Waals surface area (Å²) in [6.07, 6.45) is 1.55. The SMILES string of the molecule is O=C1C(Nc2ccc(F)c(F)c2)=C(c2ccc(Cl)cc2Cl)C(=O)N1Cc1ccccn1. The Morgan fingerprint density at radius 3 is 2.42 bits per heavy atom. The maximum atomic E-state index is 13.7. The Balaban J connectivity index is 1.79. The van der Waals surface area contributed by atoms with Crippen LogP contribution in [-0.4, -0.2) is 21.7 Å². The van der Waals surface area contributed by atoms with Gasteiger partial charge in [0.2, 0.25) is 0 Å². The van der Waals surface area contributed by atoms with Crippen molar-refractivity contribution < 1.29 is 18.4 Å². The minimum atomic E-state index is -1.10. The number of nitrogens with one attached hydrogen (secondary N) is 1. The second-order valence-electron chi connectivity index (χ2n) is 6.65. The maximum absolute atomic E-state index is 13.7. The molecule has 4 rings (SSSR count). The summed E-state index contributed by atoms with van der Waals surface area (Å²) in [7, 11) is 0. The molecule has 0 fully saturated rings. The zero-order valence-corrected chi connectivity index (χ0v) is 17.2. The number of benzene rings is 2. The van der Waals surface area contributed by atoms with E-state index in [1.165, 1.54) is 24.3 Å². The molecule has 1 aliphatic heterocycles. The molecule has 9 heteroatoms. The first-order valence-corrected chi connectivity index (χ1v) is 9.78. The molecule has 1 aromatic heterocycles. The predicted molar refractivity (Wildman–Crippen MR) is 113 cm³/mol. The molecule has 156 valence electrons. The van der Waals surface area contributed by atoms with Crippen LogP contribution in [0.3, 0.4) is 0 Å². The van der Waals surface area contributed by atoms with Crippen LogP contribution in [0.1, 0.15) is 11.3 Å². The zero-order valence-electron chi connectivity index (χ0n) is 15.7. The van der Waals surface area contributed by atoms with Crippen molar-refractivity contribution >= 4 is 46.3 Å². The van der Waals surface area contributed by atoms with Crippen LogP contribution in [0.4, 0.5) is 14.5 Å². The molecule has 5 nitrogen and oxygen atoms in total. The molecule has 1 aliphatic rings. The van der Waals surface area contributed by atoms with Crippen molar-refractivity contribution in [1.82, 2.24) is 9.88 Å². The Morgan fingerprint density at radius 1 is 0.935 bits per heavy atom. The van der Waals surface area contributed by atoms with Crippen molar-refractivity contribution in [1.29, 1.82) is 0 Å². The molecule has 2 aromatic carbocycles. The first kappa shape index (κ1) is 21.0. The van der Waals surface area contributed by atoms with Gasteiger partial charge in [-0.3, -0.25) is 19.5 Å². The van der Waals surface area contributed by atoms with E-state index in [-0.39, 0.29) is 34.1 Å². The molecular formula is C22H13Cl2F2N3O2. The third-order valence-corrected chi connectivity index (χ3v) is 5.15. The molecule has 3 aromatic rings. The van der Waals surface area contributed by atoms with Crippen molar-refractivity contribution in [3.63, 3.8) is 0 Å². The van der Waals surface area contributed by atoms with Gasteiger partial charge < -0.3 is 5.32 Å². The Kier molecular flexibility index (Phi) is 5.71. The number of hydrogen-bond acceptors (Lipinski definition) is 4. The first-order chi connectivity index (χ1) is 14.8. The largest absolute Gasteiger partial charge is 0.350 e. The van der Waals surface area contributed by atoms with Crippen molar-refractivity contribution in [2.24, 2.45) is 0 Å². The topological polar surface area (TPSA) is 62.3 Å². The average molecular weight is 460 g/mol. The fourth-order valence-electron chi connectivity index (χ4n) is 3.15. The monoisotopic (exact) mass is 459 g/mol. The van der Waals surface area contributed by atoms with Gasteiger partial charge in [0.05, 0.1) is 22.8 Å². The summed E-state index contributed by atoms with van der Waals surface area (Å²) in [5.41, 5.74) is 0.749. The van der Waals surface area contributed by atoms with Crippen LogP contribution in [0.25, 0.3) is 5.57 Å². The van der Waals surface area contributed by atoms with Gasteiger partial charge in [-0.05, 0) is 36.4 Å². The highest BCUT2D eigenvalue weighted by Crippen LogP contribution is 2.36. The van der Waals surface area contributed by atoms with Gasteiger partial charge in [0, 0.05) is 28.5 Å². The Morgan fingerprint density at radius 2 is 1.74 bits per heavy atom. The third-order valence-electron chi connectivity index (χ3n) is 4.60. The normalized spacial score (nSPS) is 13.9. The number of carbonyl (C=O) groups is 2. The lowest BCUT2D eigenvalue weighted by Gasteiger charge is -2.15. The van der Waals surface area contributed by atoms with E-state index in [4.69, 9.17) is 23.2 Å². The number of carbonyl (C=O) groups excluding carboxylic acids is 2. The summed E-state index contributed by atoms with van der Waals surface area (Å²) in [6.45, 7) is -0.0732. The summed E-state index contributed by atoms with van der Waals surface area (Å²) in [5, 5.41) is 3.26. The number of hydrogen-bond donors (Lipinski definition) is 1. The number of rotatable bonds is 5. The van der Waals surface area contributed by atoms with E-state index in [2.05, 4.69) is 10.3 Å². The van der Waals surface area contributed by atoms with Gasteiger partial charge in [0.15, 0.2) is 11.6 Å². The van der Waals surface area contributed by atoms with Crippen molar-refractivity contribution in [3.05, 3.63) is 99.4 Å². The fourth-order valence-corrected chi connectivity index (χ4v) is 3.65. The third kappa shape index (κ3) is 4.15. The highest BCUT2D eigenvalue weighted by atomic mass is 35.5. The van der Waals surface area contributed by atoms with Crippen LogP contribution in [0, 0.1) is 11.6 Å². The number of anilines is 1. The zero-order chi connectivity index (χ0) is 22.1. The maximum Gasteiger partial charge on any atom is 0.278 e. The molecule has 2 amide bonds. The van der Waals surface area contributed by atoms with Crippen LogP contribution < -0.4 is 5.32 Å². The van der Waals surface area contributed by atoms with E-state index >= 15 is 0 Å². The highest BCUT2D eigenvalue weighted by molar-refractivity contribution is 6.41. The van der Waals surface area contributed by atoms with Gasteiger partial charge in [0.25, 0.3) is 11.8 Å². The summed E-state index contributed by atoms with van der Waals surface area (Å²) in [5.74, 6) is -3.39. The molecule has 1 N–H and O–H groups in total. The van der Waals surface area contributed by atoms with E-state index in [0.29, 0.717) is 10.7 Å². The highest BCUT2D eigenvalue weighted by Gasteiger charge is 2.40. The van der Waals surface area contributed by atoms with Crippen LogP contribution in [-0.2, 0) is 16.1 Å². The summed E-state index contributed by atoms with van der Waals surface area (Å²) in [6, 6.07) is 12.7. The van der Waals surface area contributed by atoms with Gasteiger partial charge in [-0.15, -0.1) is 0 Å². The molecule has 0 aliphatic carbocycles. The Bertz CT molecular complexity index is 1230. The standard InChI is InChI=1S/C22H13Cl2F2N3O2/c23-12-4-6-15(16(24)9-12)19-20(28-13-5-7-17(25)18(26)10-13)22(31)29(21(19)30)11-14-3-1-2-8-27-14/h1-10,28H,11H2. The van der Waals surface area contributed by atoms with Gasteiger partial charge in [0.1, 0.15) is 5.70 Å². The molecular weight excluding hydrogens is 447 g/mol. The number of aromatic nitrogens is 1. The number of halogens is 4. The predicted octanol–water partition coefficient (Wildman–Crippen LogP) is 5.06. The molecule has 0 atom stereocenters. The first-order valence-electron chi connectivity index (χ1n) is 9.03. The molecule has 0 radical (unpaired) electrons.